The lowest BCUT2D eigenvalue weighted by Gasteiger charge is -2.17. The van der Waals surface area contributed by atoms with E-state index in [1.165, 1.54) is 11.3 Å². The molecular formula is C17H19N5OS. The zero-order chi connectivity index (χ0) is 17.3. The summed E-state index contributed by atoms with van der Waals surface area (Å²) in [6.07, 6.45) is 5.22. The zero-order valence-electron chi connectivity index (χ0n) is 14.1. The van der Waals surface area contributed by atoms with Crippen LogP contribution >= 0.6 is 11.3 Å². The lowest BCUT2D eigenvalue weighted by Crippen LogP contribution is -2.19. The SMILES string of the molecule is Cc1nccn1-c1ccc(NC(=O)c2scnc2C(C)(C)C)cn1. The average molecular weight is 341 g/mol. The number of aromatic nitrogens is 4. The normalized spacial score (nSPS) is 11.5. The first-order valence-electron chi connectivity index (χ1n) is 7.58. The van der Waals surface area contributed by atoms with Gasteiger partial charge in [-0.2, -0.15) is 0 Å². The van der Waals surface area contributed by atoms with Crippen LogP contribution in [-0.4, -0.2) is 25.4 Å². The van der Waals surface area contributed by atoms with Gasteiger partial charge in [-0.3, -0.25) is 9.36 Å². The Morgan fingerprint density at radius 1 is 1.21 bits per heavy atom. The zero-order valence-corrected chi connectivity index (χ0v) is 14.9. The molecule has 3 heterocycles. The number of nitrogens with zero attached hydrogens (tertiary/aromatic N) is 4. The molecule has 1 amide bonds. The third kappa shape index (κ3) is 3.21. The van der Waals surface area contributed by atoms with Crippen LogP contribution < -0.4 is 5.32 Å². The first-order chi connectivity index (χ1) is 11.4. The minimum absolute atomic E-state index is 0.157. The number of carbonyl (C=O) groups excluding carboxylic acids is 1. The molecule has 0 aliphatic heterocycles. The Morgan fingerprint density at radius 2 is 2.00 bits per heavy atom. The lowest BCUT2D eigenvalue weighted by atomic mass is 9.91. The summed E-state index contributed by atoms with van der Waals surface area (Å²) >= 11 is 1.35. The van der Waals surface area contributed by atoms with Crippen molar-refractivity contribution < 1.29 is 4.79 Å². The van der Waals surface area contributed by atoms with Gasteiger partial charge in [0, 0.05) is 17.8 Å². The summed E-state index contributed by atoms with van der Waals surface area (Å²) in [7, 11) is 0. The Hall–Kier alpha value is -2.54. The van der Waals surface area contributed by atoms with Crippen LogP contribution in [0.2, 0.25) is 0 Å². The van der Waals surface area contributed by atoms with Crippen LogP contribution in [0.25, 0.3) is 5.82 Å². The van der Waals surface area contributed by atoms with Gasteiger partial charge in [0.15, 0.2) is 0 Å². The first kappa shape index (κ1) is 16.3. The molecule has 0 spiro atoms. The van der Waals surface area contributed by atoms with Gasteiger partial charge in [0.05, 0.1) is 23.1 Å². The maximum absolute atomic E-state index is 12.5. The number of hydrogen-bond acceptors (Lipinski definition) is 5. The number of imidazole rings is 1. The van der Waals surface area contributed by atoms with Crippen LogP contribution in [0.3, 0.4) is 0 Å². The van der Waals surface area contributed by atoms with E-state index >= 15 is 0 Å². The Labute approximate surface area is 144 Å². The molecule has 24 heavy (non-hydrogen) atoms. The monoisotopic (exact) mass is 341 g/mol. The summed E-state index contributed by atoms with van der Waals surface area (Å²) in [6, 6.07) is 3.68. The second-order valence-corrected chi connectivity index (χ2v) is 7.34. The fraction of sp³-hybridized carbons (Fsp3) is 0.294. The minimum atomic E-state index is -0.173. The molecule has 3 rings (SSSR count). The van der Waals surface area contributed by atoms with Crippen LogP contribution in [-0.2, 0) is 5.41 Å². The number of amides is 1. The number of nitrogens with one attached hydrogen (secondary N) is 1. The predicted molar refractivity (Wildman–Crippen MR) is 94.9 cm³/mol. The molecule has 3 aromatic rings. The van der Waals surface area contributed by atoms with Crippen LogP contribution in [0.15, 0.2) is 36.2 Å². The van der Waals surface area contributed by atoms with E-state index in [0.717, 1.165) is 17.3 Å². The summed E-state index contributed by atoms with van der Waals surface area (Å²) in [5.41, 5.74) is 2.99. The second kappa shape index (κ2) is 6.16. The van der Waals surface area contributed by atoms with Crippen LogP contribution in [0.5, 0.6) is 0 Å². The number of carbonyl (C=O) groups is 1. The van der Waals surface area contributed by atoms with Gasteiger partial charge in [-0.25, -0.2) is 15.0 Å². The molecule has 0 unspecified atom stereocenters. The second-order valence-electron chi connectivity index (χ2n) is 6.48. The predicted octanol–water partition coefficient (Wildman–Crippen LogP) is 3.58. The largest absolute Gasteiger partial charge is 0.320 e. The Balaban J connectivity index is 1.79. The van der Waals surface area contributed by atoms with Crippen molar-refractivity contribution in [1.29, 1.82) is 0 Å². The molecule has 0 atom stereocenters. The van der Waals surface area contributed by atoms with Crippen molar-refractivity contribution in [2.24, 2.45) is 0 Å². The fourth-order valence-electron chi connectivity index (χ4n) is 2.35. The highest BCUT2D eigenvalue weighted by Gasteiger charge is 2.25. The molecule has 0 fully saturated rings. The first-order valence-corrected chi connectivity index (χ1v) is 8.46. The number of rotatable bonds is 3. The van der Waals surface area contributed by atoms with Crippen molar-refractivity contribution in [2.45, 2.75) is 33.1 Å². The highest BCUT2D eigenvalue weighted by molar-refractivity contribution is 7.12. The Bertz CT molecular complexity index is 858. The summed E-state index contributed by atoms with van der Waals surface area (Å²) < 4.78 is 1.88. The van der Waals surface area contributed by atoms with Crippen LogP contribution in [0.1, 0.15) is 42.0 Å². The highest BCUT2D eigenvalue weighted by Crippen LogP contribution is 2.27. The summed E-state index contributed by atoms with van der Waals surface area (Å²) in [5.74, 6) is 1.46. The van der Waals surface area contributed by atoms with Gasteiger partial charge in [0.1, 0.15) is 16.5 Å². The van der Waals surface area contributed by atoms with E-state index < -0.39 is 0 Å². The third-order valence-electron chi connectivity index (χ3n) is 3.56. The summed E-state index contributed by atoms with van der Waals surface area (Å²) in [6.45, 7) is 8.04. The smallest absolute Gasteiger partial charge is 0.267 e. The quantitative estimate of drug-likeness (QED) is 0.790. The molecule has 0 saturated heterocycles. The Morgan fingerprint density at radius 3 is 2.58 bits per heavy atom. The molecule has 0 aliphatic carbocycles. The van der Waals surface area contributed by atoms with Crippen molar-refractivity contribution in [1.82, 2.24) is 19.5 Å². The molecule has 1 N–H and O–H groups in total. The van der Waals surface area contributed by atoms with Crippen LogP contribution in [0.4, 0.5) is 5.69 Å². The molecule has 0 aliphatic rings. The average Bonchev–Trinajstić information content (AvgIpc) is 3.16. The number of anilines is 1. The fourth-order valence-corrected chi connectivity index (χ4v) is 3.24. The Kier molecular flexibility index (Phi) is 4.19. The van der Waals surface area contributed by atoms with E-state index in [9.17, 15) is 4.79 Å². The molecule has 0 bridgehead atoms. The van der Waals surface area contributed by atoms with E-state index in [1.54, 1.807) is 17.9 Å². The maximum Gasteiger partial charge on any atom is 0.267 e. The lowest BCUT2D eigenvalue weighted by molar-refractivity contribution is 0.102. The molecule has 124 valence electrons. The van der Waals surface area contributed by atoms with E-state index in [4.69, 9.17) is 0 Å². The van der Waals surface area contributed by atoms with Gasteiger partial charge in [0.25, 0.3) is 5.91 Å². The van der Waals surface area contributed by atoms with E-state index in [1.807, 2.05) is 50.6 Å². The molecule has 0 radical (unpaired) electrons. The van der Waals surface area contributed by atoms with E-state index in [0.29, 0.717) is 10.6 Å². The van der Waals surface area contributed by atoms with Gasteiger partial charge < -0.3 is 5.32 Å². The molecule has 0 saturated carbocycles. The van der Waals surface area contributed by atoms with Gasteiger partial charge in [0.2, 0.25) is 0 Å². The molecule has 7 heteroatoms. The van der Waals surface area contributed by atoms with Gasteiger partial charge in [-0.15, -0.1) is 11.3 Å². The summed E-state index contributed by atoms with van der Waals surface area (Å²) in [4.78, 5) is 26.1. The van der Waals surface area contributed by atoms with Gasteiger partial charge >= 0.3 is 0 Å². The third-order valence-corrected chi connectivity index (χ3v) is 4.39. The van der Waals surface area contributed by atoms with Crippen molar-refractivity contribution in [2.75, 3.05) is 5.32 Å². The van der Waals surface area contributed by atoms with E-state index in [2.05, 4.69) is 20.3 Å². The highest BCUT2D eigenvalue weighted by atomic mass is 32.1. The van der Waals surface area contributed by atoms with E-state index in [-0.39, 0.29) is 11.3 Å². The molecular weight excluding hydrogens is 322 g/mol. The van der Waals surface area contributed by atoms with Crippen molar-refractivity contribution in [3.63, 3.8) is 0 Å². The maximum atomic E-state index is 12.5. The topological polar surface area (TPSA) is 72.7 Å². The number of pyridine rings is 1. The molecule has 0 aromatic carbocycles. The number of hydrogen-bond donors (Lipinski definition) is 1. The minimum Gasteiger partial charge on any atom is -0.320 e. The van der Waals surface area contributed by atoms with Gasteiger partial charge in [-0.05, 0) is 19.1 Å². The summed E-state index contributed by atoms with van der Waals surface area (Å²) in [5, 5.41) is 2.89. The number of aryl methyl sites for hydroxylation is 1. The van der Waals surface area contributed by atoms with Crippen molar-refractivity contribution >= 4 is 22.9 Å². The standard InChI is InChI=1S/C17H19N5OS/c1-11-18-7-8-22(11)13-6-5-12(9-19-13)21-16(23)14-15(17(2,3)4)20-10-24-14/h5-10H,1-4H3,(H,21,23). The van der Waals surface area contributed by atoms with Crippen LogP contribution in [0, 0.1) is 6.92 Å². The van der Waals surface area contributed by atoms with Crippen molar-refractivity contribution in [3.8, 4) is 5.82 Å². The molecule has 3 aromatic heterocycles. The van der Waals surface area contributed by atoms with Crippen molar-refractivity contribution in [3.05, 3.63) is 52.6 Å². The molecule has 6 nitrogen and oxygen atoms in total. The van der Waals surface area contributed by atoms with Gasteiger partial charge in [-0.1, -0.05) is 20.8 Å². The number of thiazole rings is 1.